The summed E-state index contributed by atoms with van der Waals surface area (Å²) in [5.74, 6) is -0.178. The number of amides is 1. The Morgan fingerprint density at radius 1 is 1.32 bits per heavy atom. The van der Waals surface area contributed by atoms with Crippen LogP contribution in [-0.2, 0) is 11.8 Å². The van der Waals surface area contributed by atoms with Crippen molar-refractivity contribution in [3.63, 3.8) is 0 Å². The molecule has 118 valence electrons. The van der Waals surface area contributed by atoms with Crippen molar-refractivity contribution in [1.29, 1.82) is 0 Å². The maximum Gasteiger partial charge on any atom is 0.263 e. The van der Waals surface area contributed by atoms with Gasteiger partial charge in [0.25, 0.3) is 5.91 Å². The number of aromatic nitrogens is 1. The van der Waals surface area contributed by atoms with Crippen LogP contribution in [0.4, 0.5) is 0 Å². The topological polar surface area (TPSA) is 62.2 Å². The van der Waals surface area contributed by atoms with Gasteiger partial charge in [0.05, 0.1) is 23.9 Å². The molecule has 4 nitrogen and oxygen atoms in total. The lowest BCUT2D eigenvalue weighted by molar-refractivity contribution is 0.0920. The molecule has 1 heterocycles. The molecule has 0 radical (unpaired) electrons. The lowest BCUT2D eigenvalue weighted by Crippen LogP contribution is -2.38. The summed E-state index contributed by atoms with van der Waals surface area (Å²) in [6.07, 6.45) is 2.21. The first-order valence-electron chi connectivity index (χ1n) is 7.32. The van der Waals surface area contributed by atoms with Crippen LogP contribution < -0.4 is 5.32 Å². The van der Waals surface area contributed by atoms with E-state index in [2.05, 4.69) is 31.1 Å². The standard InChI is InChI=1S/C17H22N2O2S/c1-17(2,3)16-18-10-14(22-16)15(21)19-13(11-20)9-12-7-5-4-6-8-12/h4-8,10,13,20H,9,11H2,1-3H3,(H,19,21). The number of thiazole rings is 1. The monoisotopic (exact) mass is 318 g/mol. The van der Waals surface area contributed by atoms with E-state index in [1.54, 1.807) is 6.20 Å². The predicted octanol–water partition coefficient (Wildman–Crippen LogP) is 2.77. The highest BCUT2D eigenvalue weighted by Crippen LogP contribution is 2.26. The van der Waals surface area contributed by atoms with Crippen LogP contribution in [0.2, 0.25) is 0 Å². The molecule has 1 amide bonds. The van der Waals surface area contributed by atoms with Crippen molar-refractivity contribution in [3.8, 4) is 0 Å². The van der Waals surface area contributed by atoms with Crippen LogP contribution in [-0.4, -0.2) is 28.6 Å². The highest BCUT2D eigenvalue weighted by atomic mass is 32.1. The summed E-state index contributed by atoms with van der Waals surface area (Å²) >= 11 is 1.40. The molecule has 0 aliphatic heterocycles. The van der Waals surface area contributed by atoms with Crippen molar-refractivity contribution in [2.75, 3.05) is 6.61 Å². The van der Waals surface area contributed by atoms with Gasteiger partial charge in [-0.25, -0.2) is 4.98 Å². The highest BCUT2D eigenvalue weighted by molar-refractivity contribution is 7.13. The number of nitrogens with one attached hydrogen (secondary N) is 1. The summed E-state index contributed by atoms with van der Waals surface area (Å²) in [6, 6.07) is 9.52. The Kier molecular flexibility index (Phi) is 5.32. The summed E-state index contributed by atoms with van der Waals surface area (Å²) < 4.78 is 0. The van der Waals surface area contributed by atoms with Gasteiger partial charge in [-0.1, -0.05) is 51.1 Å². The van der Waals surface area contributed by atoms with Gasteiger partial charge in [-0.05, 0) is 12.0 Å². The summed E-state index contributed by atoms with van der Waals surface area (Å²) in [5.41, 5.74) is 1.02. The summed E-state index contributed by atoms with van der Waals surface area (Å²) in [7, 11) is 0. The molecule has 5 heteroatoms. The minimum atomic E-state index is -0.296. The van der Waals surface area contributed by atoms with Crippen LogP contribution in [0.1, 0.15) is 41.0 Å². The third kappa shape index (κ3) is 4.39. The Hall–Kier alpha value is -1.72. The second-order valence-corrected chi connectivity index (χ2v) is 7.35. The Labute approximate surface area is 135 Å². The number of aliphatic hydroxyl groups excluding tert-OH is 1. The first kappa shape index (κ1) is 16.6. The molecule has 0 saturated carbocycles. The Morgan fingerprint density at radius 2 is 2.00 bits per heavy atom. The molecule has 1 atom stereocenters. The van der Waals surface area contributed by atoms with Crippen LogP contribution >= 0.6 is 11.3 Å². The zero-order chi connectivity index (χ0) is 16.2. The SMILES string of the molecule is CC(C)(C)c1ncc(C(=O)NC(CO)Cc2ccccc2)s1. The van der Waals surface area contributed by atoms with Gasteiger partial charge >= 0.3 is 0 Å². The Bertz CT molecular complexity index is 617. The molecule has 0 saturated heterocycles. The van der Waals surface area contributed by atoms with Gasteiger partial charge in [0.15, 0.2) is 0 Å². The summed E-state index contributed by atoms with van der Waals surface area (Å²) in [6.45, 7) is 6.11. The molecular formula is C17H22N2O2S. The van der Waals surface area contributed by atoms with Crippen LogP contribution in [0.25, 0.3) is 0 Å². The van der Waals surface area contributed by atoms with E-state index < -0.39 is 0 Å². The number of benzene rings is 1. The van der Waals surface area contributed by atoms with E-state index in [4.69, 9.17) is 0 Å². The molecule has 2 aromatic rings. The smallest absolute Gasteiger partial charge is 0.263 e. The summed E-state index contributed by atoms with van der Waals surface area (Å²) in [5, 5.41) is 13.3. The number of carbonyl (C=O) groups is 1. The minimum Gasteiger partial charge on any atom is -0.394 e. The van der Waals surface area contributed by atoms with Crippen LogP contribution in [0.15, 0.2) is 36.5 Å². The van der Waals surface area contributed by atoms with Gasteiger partial charge in [-0.15, -0.1) is 11.3 Å². The molecule has 1 aromatic heterocycles. The Balaban J connectivity index is 2.01. The molecule has 0 aliphatic rings. The van der Waals surface area contributed by atoms with Crippen molar-refractivity contribution in [2.24, 2.45) is 0 Å². The maximum atomic E-state index is 12.3. The van der Waals surface area contributed by atoms with Crippen molar-refractivity contribution >= 4 is 17.2 Å². The van der Waals surface area contributed by atoms with E-state index in [0.29, 0.717) is 11.3 Å². The third-order valence-corrected chi connectivity index (χ3v) is 4.67. The fourth-order valence-electron chi connectivity index (χ4n) is 2.04. The largest absolute Gasteiger partial charge is 0.394 e. The molecule has 1 unspecified atom stereocenters. The zero-order valence-electron chi connectivity index (χ0n) is 13.2. The number of nitrogens with zero attached hydrogens (tertiary/aromatic N) is 1. The molecule has 0 spiro atoms. The van der Waals surface area contributed by atoms with E-state index in [9.17, 15) is 9.90 Å². The second-order valence-electron chi connectivity index (χ2n) is 6.32. The predicted molar refractivity (Wildman–Crippen MR) is 89.3 cm³/mol. The lowest BCUT2D eigenvalue weighted by atomic mass is 9.98. The van der Waals surface area contributed by atoms with Crippen molar-refractivity contribution in [1.82, 2.24) is 10.3 Å². The van der Waals surface area contributed by atoms with Crippen molar-refractivity contribution in [3.05, 3.63) is 52.0 Å². The fourth-order valence-corrected chi connectivity index (χ4v) is 2.92. The van der Waals surface area contributed by atoms with Gasteiger partial charge in [0.1, 0.15) is 4.88 Å². The molecule has 1 aromatic carbocycles. The van der Waals surface area contributed by atoms with Gasteiger partial charge in [-0.3, -0.25) is 4.79 Å². The normalized spacial score (nSPS) is 12.9. The van der Waals surface area contributed by atoms with E-state index in [0.717, 1.165) is 10.6 Å². The average Bonchev–Trinajstić information content (AvgIpc) is 2.97. The highest BCUT2D eigenvalue weighted by Gasteiger charge is 2.21. The lowest BCUT2D eigenvalue weighted by Gasteiger charge is -2.16. The van der Waals surface area contributed by atoms with Crippen LogP contribution in [0.5, 0.6) is 0 Å². The number of hydrogen-bond donors (Lipinski definition) is 2. The first-order chi connectivity index (χ1) is 10.4. The van der Waals surface area contributed by atoms with E-state index in [1.165, 1.54) is 11.3 Å². The van der Waals surface area contributed by atoms with E-state index >= 15 is 0 Å². The quantitative estimate of drug-likeness (QED) is 0.891. The van der Waals surface area contributed by atoms with Gasteiger partial charge < -0.3 is 10.4 Å². The Morgan fingerprint density at radius 3 is 2.55 bits per heavy atom. The number of aliphatic hydroxyl groups is 1. The van der Waals surface area contributed by atoms with E-state index in [1.807, 2.05) is 30.3 Å². The van der Waals surface area contributed by atoms with Crippen molar-refractivity contribution in [2.45, 2.75) is 38.6 Å². The van der Waals surface area contributed by atoms with Crippen LogP contribution in [0.3, 0.4) is 0 Å². The molecule has 2 rings (SSSR count). The number of rotatable bonds is 5. The fraction of sp³-hybridized carbons (Fsp3) is 0.412. The van der Waals surface area contributed by atoms with Crippen molar-refractivity contribution < 1.29 is 9.90 Å². The number of hydrogen-bond acceptors (Lipinski definition) is 4. The summed E-state index contributed by atoms with van der Waals surface area (Å²) in [4.78, 5) is 17.2. The molecule has 2 N–H and O–H groups in total. The van der Waals surface area contributed by atoms with E-state index in [-0.39, 0.29) is 24.0 Å². The third-order valence-electron chi connectivity index (χ3n) is 3.25. The first-order valence-corrected chi connectivity index (χ1v) is 8.13. The average molecular weight is 318 g/mol. The maximum absolute atomic E-state index is 12.3. The van der Waals surface area contributed by atoms with Gasteiger partial charge in [-0.2, -0.15) is 0 Å². The molecule has 0 aliphatic carbocycles. The molecule has 0 bridgehead atoms. The number of carbonyl (C=O) groups excluding carboxylic acids is 1. The van der Waals surface area contributed by atoms with Crippen LogP contribution in [0, 0.1) is 0 Å². The molecule has 22 heavy (non-hydrogen) atoms. The van der Waals surface area contributed by atoms with Gasteiger partial charge in [0, 0.05) is 5.41 Å². The molecule has 0 fully saturated rings. The second kappa shape index (κ2) is 7.03. The zero-order valence-corrected chi connectivity index (χ0v) is 14.0. The minimum absolute atomic E-state index is 0.0659. The van der Waals surface area contributed by atoms with Gasteiger partial charge in [0.2, 0.25) is 0 Å². The molecular weight excluding hydrogens is 296 g/mol.